The third-order valence-corrected chi connectivity index (χ3v) is 3.72. The molecule has 0 atom stereocenters. The Kier molecular flexibility index (Phi) is 3.70. The van der Waals surface area contributed by atoms with E-state index in [1.807, 2.05) is 25.2 Å². The zero-order valence-corrected chi connectivity index (χ0v) is 13.1. The van der Waals surface area contributed by atoms with Crippen LogP contribution in [0.2, 0.25) is 0 Å². The summed E-state index contributed by atoms with van der Waals surface area (Å²) < 4.78 is 1.07. The highest BCUT2D eigenvalue weighted by Crippen LogP contribution is 2.23. The van der Waals surface area contributed by atoms with E-state index in [4.69, 9.17) is 5.73 Å². The molecule has 0 fully saturated rings. The SMILES string of the molecule is CN(Cc1ccc(Br)cc1)c1ncnc2nc(N)ccc12. The maximum Gasteiger partial charge on any atom is 0.166 e. The molecule has 3 aromatic rings. The Morgan fingerprint density at radius 2 is 1.86 bits per heavy atom. The fourth-order valence-corrected chi connectivity index (χ4v) is 2.45. The van der Waals surface area contributed by atoms with Crippen LogP contribution < -0.4 is 10.6 Å². The lowest BCUT2D eigenvalue weighted by Gasteiger charge is -2.19. The maximum atomic E-state index is 5.70. The first-order chi connectivity index (χ1) is 10.1. The molecule has 1 aromatic carbocycles. The molecular formula is C15H14BrN5. The van der Waals surface area contributed by atoms with Gasteiger partial charge in [0, 0.05) is 18.1 Å². The Labute approximate surface area is 131 Å². The van der Waals surface area contributed by atoms with E-state index in [2.05, 4.69) is 47.9 Å². The van der Waals surface area contributed by atoms with E-state index in [0.717, 1.165) is 22.2 Å². The lowest BCUT2D eigenvalue weighted by atomic mass is 10.2. The van der Waals surface area contributed by atoms with Gasteiger partial charge in [0.25, 0.3) is 0 Å². The Morgan fingerprint density at radius 1 is 1.10 bits per heavy atom. The highest BCUT2D eigenvalue weighted by Gasteiger charge is 2.10. The van der Waals surface area contributed by atoms with E-state index in [1.54, 1.807) is 6.07 Å². The van der Waals surface area contributed by atoms with Crippen molar-refractivity contribution in [2.24, 2.45) is 0 Å². The standard InChI is InChI=1S/C15H14BrN5/c1-21(8-10-2-4-11(16)5-3-10)15-12-6-7-13(17)20-14(12)18-9-19-15/h2-7,9H,8H2,1H3,(H2,17,18,19,20). The summed E-state index contributed by atoms with van der Waals surface area (Å²) in [6.45, 7) is 0.754. The molecule has 0 saturated carbocycles. The summed E-state index contributed by atoms with van der Waals surface area (Å²) in [6.07, 6.45) is 1.52. The molecule has 0 amide bonds. The lowest BCUT2D eigenvalue weighted by Crippen LogP contribution is -2.18. The molecule has 0 aliphatic heterocycles. The highest BCUT2D eigenvalue weighted by atomic mass is 79.9. The number of nitrogens with zero attached hydrogens (tertiary/aromatic N) is 4. The van der Waals surface area contributed by atoms with Crippen LogP contribution in [0.25, 0.3) is 11.0 Å². The number of rotatable bonds is 3. The molecule has 0 aliphatic carbocycles. The number of pyridine rings is 1. The summed E-state index contributed by atoms with van der Waals surface area (Å²) >= 11 is 3.44. The largest absolute Gasteiger partial charge is 0.384 e. The minimum absolute atomic E-state index is 0.461. The van der Waals surface area contributed by atoms with Crippen LogP contribution in [0, 0.1) is 0 Å². The van der Waals surface area contributed by atoms with Gasteiger partial charge in [0.2, 0.25) is 0 Å². The molecule has 0 bridgehead atoms. The van der Waals surface area contributed by atoms with Gasteiger partial charge in [0.05, 0.1) is 5.39 Å². The normalized spacial score (nSPS) is 10.8. The van der Waals surface area contributed by atoms with Crippen molar-refractivity contribution in [3.8, 4) is 0 Å². The molecule has 2 heterocycles. The van der Waals surface area contributed by atoms with Crippen molar-refractivity contribution in [3.63, 3.8) is 0 Å². The van der Waals surface area contributed by atoms with Crippen molar-refractivity contribution < 1.29 is 0 Å². The van der Waals surface area contributed by atoms with Gasteiger partial charge in [-0.15, -0.1) is 0 Å². The molecule has 2 aromatic heterocycles. The predicted molar refractivity (Wildman–Crippen MR) is 88.0 cm³/mol. The number of hydrogen-bond acceptors (Lipinski definition) is 5. The van der Waals surface area contributed by atoms with Crippen molar-refractivity contribution in [1.29, 1.82) is 0 Å². The molecule has 3 rings (SSSR count). The van der Waals surface area contributed by atoms with Crippen LogP contribution in [0.15, 0.2) is 47.2 Å². The van der Waals surface area contributed by atoms with Gasteiger partial charge < -0.3 is 10.6 Å². The average molecular weight is 344 g/mol. The number of nitrogen functional groups attached to an aromatic ring is 1. The predicted octanol–water partition coefficient (Wildman–Crippen LogP) is 3.01. The molecule has 2 N–H and O–H groups in total. The van der Waals surface area contributed by atoms with Gasteiger partial charge in [0.15, 0.2) is 5.65 Å². The second kappa shape index (κ2) is 5.65. The van der Waals surface area contributed by atoms with Crippen molar-refractivity contribution in [2.45, 2.75) is 6.54 Å². The summed E-state index contributed by atoms with van der Waals surface area (Å²) in [5, 5.41) is 0.895. The third kappa shape index (κ3) is 2.95. The number of anilines is 2. The van der Waals surface area contributed by atoms with Crippen LogP contribution in [-0.4, -0.2) is 22.0 Å². The van der Waals surface area contributed by atoms with Crippen LogP contribution in [0.5, 0.6) is 0 Å². The summed E-state index contributed by atoms with van der Waals surface area (Å²) in [6, 6.07) is 11.9. The van der Waals surface area contributed by atoms with Crippen molar-refractivity contribution in [3.05, 3.63) is 52.8 Å². The fourth-order valence-electron chi connectivity index (χ4n) is 2.19. The van der Waals surface area contributed by atoms with Crippen LogP contribution in [0.1, 0.15) is 5.56 Å². The molecule has 0 saturated heterocycles. The van der Waals surface area contributed by atoms with E-state index in [9.17, 15) is 0 Å². The minimum Gasteiger partial charge on any atom is -0.384 e. The van der Waals surface area contributed by atoms with Crippen molar-refractivity contribution in [2.75, 3.05) is 17.7 Å². The molecule has 0 unspecified atom stereocenters. The first-order valence-corrected chi connectivity index (χ1v) is 7.25. The van der Waals surface area contributed by atoms with E-state index in [0.29, 0.717) is 11.5 Å². The molecule has 5 nitrogen and oxygen atoms in total. The van der Waals surface area contributed by atoms with Gasteiger partial charge in [-0.2, -0.15) is 0 Å². The molecule has 0 spiro atoms. The molecule has 106 valence electrons. The quantitative estimate of drug-likeness (QED) is 0.791. The molecular weight excluding hydrogens is 330 g/mol. The van der Waals surface area contributed by atoms with Gasteiger partial charge in [-0.25, -0.2) is 15.0 Å². The number of nitrogens with two attached hydrogens (primary N) is 1. The lowest BCUT2D eigenvalue weighted by molar-refractivity contribution is 0.899. The number of hydrogen-bond donors (Lipinski definition) is 1. The second-order valence-corrected chi connectivity index (χ2v) is 5.70. The average Bonchev–Trinajstić information content (AvgIpc) is 2.48. The summed E-state index contributed by atoms with van der Waals surface area (Å²) in [5.41, 5.74) is 7.52. The van der Waals surface area contributed by atoms with E-state index < -0.39 is 0 Å². The monoisotopic (exact) mass is 343 g/mol. The van der Waals surface area contributed by atoms with Crippen LogP contribution >= 0.6 is 15.9 Å². The van der Waals surface area contributed by atoms with Gasteiger partial charge in [0.1, 0.15) is 18.0 Å². The zero-order chi connectivity index (χ0) is 14.8. The number of aromatic nitrogens is 3. The molecule has 0 radical (unpaired) electrons. The Morgan fingerprint density at radius 3 is 2.62 bits per heavy atom. The second-order valence-electron chi connectivity index (χ2n) is 4.79. The molecule has 21 heavy (non-hydrogen) atoms. The van der Waals surface area contributed by atoms with Gasteiger partial charge >= 0.3 is 0 Å². The number of halogens is 1. The van der Waals surface area contributed by atoms with E-state index >= 15 is 0 Å². The highest BCUT2D eigenvalue weighted by molar-refractivity contribution is 9.10. The Balaban J connectivity index is 1.94. The Bertz CT molecular complexity index is 773. The minimum atomic E-state index is 0.461. The fraction of sp³-hybridized carbons (Fsp3) is 0.133. The van der Waals surface area contributed by atoms with Gasteiger partial charge in [-0.05, 0) is 29.8 Å². The van der Waals surface area contributed by atoms with Crippen molar-refractivity contribution in [1.82, 2.24) is 15.0 Å². The van der Waals surface area contributed by atoms with Crippen molar-refractivity contribution >= 4 is 38.6 Å². The van der Waals surface area contributed by atoms with Crippen LogP contribution in [0.3, 0.4) is 0 Å². The number of benzene rings is 1. The van der Waals surface area contributed by atoms with Gasteiger partial charge in [-0.3, -0.25) is 0 Å². The Hall–Kier alpha value is -2.21. The smallest absolute Gasteiger partial charge is 0.166 e. The topological polar surface area (TPSA) is 67.9 Å². The summed E-state index contributed by atoms with van der Waals surface area (Å²) in [4.78, 5) is 14.8. The molecule has 6 heteroatoms. The summed E-state index contributed by atoms with van der Waals surface area (Å²) in [5.74, 6) is 1.30. The van der Waals surface area contributed by atoms with Gasteiger partial charge in [-0.1, -0.05) is 28.1 Å². The third-order valence-electron chi connectivity index (χ3n) is 3.19. The number of fused-ring (bicyclic) bond motifs is 1. The maximum absolute atomic E-state index is 5.70. The van der Waals surface area contributed by atoms with E-state index in [-0.39, 0.29) is 0 Å². The zero-order valence-electron chi connectivity index (χ0n) is 11.5. The van der Waals surface area contributed by atoms with Crippen LogP contribution in [-0.2, 0) is 6.54 Å². The van der Waals surface area contributed by atoms with E-state index in [1.165, 1.54) is 11.9 Å². The first-order valence-electron chi connectivity index (χ1n) is 6.46. The first kappa shape index (κ1) is 13.8. The summed E-state index contributed by atoms with van der Waals surface area (Å²) in [7, 11) is 2.00. The van der Waals surface area contributed by atoms with Crippen LogP contribution in [0.4, 0.5) is 11.6 Å². The molecule has 0 aliphatic rings.